The molecule has 0 saturated heterocycles. The molecule has 1 aromatic heterocycles. The maximum atomic E-state index is 14.9. The van der Waals surface area contributed by atoms with Gasteiger partial charge in [-0.2, -0.15) is 0 Å². The standard InChI is InChI=1S/C22H17F3N2O3/c1-12-9-13(7-8-28)10-18(25)20(12)27-19(29)6-5-16(22(27)26-2)21(30)15-4-3-14(23)11-17(15)24/h3-6,8-11,26H,7H2,1-2H3. The van der Waals surface area contributed by atoms with Crippen LogP contribution in [0.2, 0.25) is 0 Å². The first kappa shape index (κ1) is 21.0. The maximum absolute atomic E-state index is 14.9. The van der Waals surface area contributed by atoms with Crippen molar-refractivity contribution in [2.75, 3.05) is 12.4 Å². The van der Waals surface area contributed by atoms with Crippen LogP contribution in [0.5, 0.6) is 0 Å². The van der Waals surface area contributed by atoms with E-state index in [-0.39, 0.29) is 23.5 Å². The van der Waals surface area contributed by atoms with Gasteiger partial charge in [-0.15, -0.1) is 0 Å². The van der Waals surface area contributed by atoms with Gasteiger partial charge >= 0.3 is 0 Å². The molecule has 2 aromatic carbocycles. The number of benzene rings is 2. The summed E-state index contributed by atoms with van der Waals surface area (Å²) in [5.74, 6) is -3.51. The third-order valence-electron chi connectivity index (χ3n) is 4.61. The minimum absolute atomic E-state index is 0.00813. The highest BCUT2D eigenvalue weighted by molar-refractivity contribution is 6.12. The second kappa shape index (κ2) is 8.36. The van der Waals surface area contributed by atoms with Crippen molar-refractivity contribution < 1.29 is 22.8 Å². The van der Waals surface area contributed by atoms with Crippen molar-refractivity contribution in [1.29, 1.82) is 0 Å². The SMILES string of the molecule is CNc1c(C(=O)c2ccc(F)cc2F)ccc(=O)n1-c1c(C)cc(CC=O)cc1F. The molecule has 0 saturated carbocycles. The summed E-state index contributed by atoms with van der Waals surface area (Å²) in [5.41, 5.74) is -0.421. The molecule has 0 aliphatic heterocycles. The van der Waals surface area contributed by atoms with E-state index in [9.17, 15) is 27.6 Å². The van der Waals surface area contributed by atoms with Gasteiger partial charge in [-0.05, 0) is 42.3 Å². The van der Waals surface area contributed by atoms with E-state index in [1.54, 1.807) is 13.0 Å². The normalized spacial score (nSPS) is 10.7. The molecule has 3 aromatic rings. The van der Waals surface area contributed by atoms with Gasteiger partial charge in [0, 0.05) is 25.6 Å². The van der Waals surface area contributed by atoms with Crippen molar-refractivity contribution in [2.24, 2.45) is 0 Å². The fraction of sp³-hybridized carbons (Fsp3) is 0.136. The molecule has 5 nitrogen and oxygen atoms in total. The summed E-state index contributed by atoms with van der Waals surface area (Å²) in [6.45, 7) is 1.56. The summed E-state index contributed by atoms with van der Waals surface area (Å²) in [6, 6.07) is 7.49. The minimum atomic E-state index is -1.06. The van der Waals surface area contributed by atoms with Crippen LogP contribution in [0.3, 0.4) is 0 Å². The van der Waals surface area contributed by atoms with E-state index < -0.39 is 34.4 Å². The summed E-state index contributed by atoms with van der Waals surface area (Å²) in [6.07, 6.45) is 0.643. The lowest BCUT2D eigenvalue weighted by atomic mass is 10.0. The number of nitrogens with one attached hydrogen (secondary N) is 1. The minimum Gasteiger partial charge on any atom is -0.374 e. The van der Waals surface area contributed by atoms with Gasteiger partial charge in [0.05, 0.1) is 16.8 Å². The van der Waals surface area contributed by atoms with Gasteiger partial charge in [-0.3, -0.25) is 14.2 Å². The summed E-state index contributed by atoms with van der Waals surface area (Å²) in [5, 5.41) is 2.70. The van der Waals surface area contributed by atoms with Crippen LogP contribution in [-0.4, -0.2) is 23.7 Å². The topological polar surface area (TPSA) is 68.2 Å². The van der Waals surface area contributed by atoms with Crippen molar-refractivity contribution in [3.8, 4) is 5.69 Å². The number of pyridine rings is 1. The number of anilines is 1. The number of carbonyl (C=O) groups excluding carboxylic acids is 2. The molecular weight excluding hydrogens is 397 g/mol. The van der Waals surface area contributed by atoms with Crippen LogP contribution in [0.4, 0.5) is 19.0 Å². The van der Waals surface area contributed by atoms with Crippen LogP contribution in [0, 0.1) is 24.4 Å². The molecule has 154 valence electrons. The van der Waals surface area contributed by atoms with Crippen molar-refractivity contribution >= 4 is 17.9 Å². The Morgan fingerprint density at radius 1 is 1.03 bits per heavy atom. The summed E-state index contributed by atoms with van der Waals surface area (Å²) in [4.78, 5) is 36.2. The predicted octanol–water partition coefficient (Wildman–Crippen LogP) is 3.58. The van der Waals surface area contributed by atoms with Gasteiger partial charge in [0.25, 0.3) is 5.56 Å². The molecule has 0 atom stereocenters. The number of carbonyl (C=O) groups is 2. The molecule has 0 amide bonds. The number of hydrogen-bond acceptors (Lipinski definition) is 4. The van der Waals surface area contributed by atoms with E-state index in [0.29, 0.717) is 23.5 Å². The lowest BCUT2D eigenvalue weighted by Crippen LogP contribution is -2.25. The van der Waals surface area contributed by atoms with Gasteiger partial charge < -0.3 is 10.1 Å². The van der Waals surface area contributed by atoms with Crippen molar-refractivity contribution in [3.05, 3.63) is 92.5 Å². The second-order valence-electron chi connectivity index (χ2n) is 6.59. The largest absolute Gasteiger partial charge is 0.374 e. The predicted molar refractivity (Wildman–Crippen MR) is 106 cm³/mol. The monoisotopic (exact) mass is 414 g/mol. The average molecular weight is 414 g/mol. The molecule has 3 rings (SSSR count). The fourth-order valence-corrected chi connectivity index (χ4v) is 3.31. The average Bonchev–Trinajstić information content (AvgIpc) is 2.68. The molecule has 0 unspecified atom stereocenters. The smallest absolute Gasteiger partial charge is 0.256 e. The van der Waals surface area contributed by atoms with E-state index in [1.807, 2.05) is 0 Å². The number of ketones is 1. The molecule has 1 N–H and O–H groups in total. The van der Waals surface area contributed by atoms with Gasteiger partial charge in [-0.1, -0.05) is 6.07 Å². The molecule has 8 heteroatoms. The Balaban J connectivity index is 2.25. The number of nitrogens with zero attached hydrogens (tertiary/aromatic N) is 1. The molecule has 1 heterocycles. The van der Waals surface area contributed by atoms with E-state index >= 15 is 0 Å². The lowest BCUT2D eigenvalue weighted by molar-refractivity contribution is -0.107. The summed E-state index contributed by atoms with van der Waals surface area (Å²) in [7, 11) is 1.43. The first-order valence-corrected chi connectivity index (χ1v) is 8.95. The van der Waals surface area contributed by atoms with E-state index in [4.69, 9.17) is 0 Å². The second-order valence-corrected chi connectivity index (χ2v) is 6.59. The zero-order chi connectivity index (χ0) is 22.0. The summed E-state index contributed by atoms with van der Waals surface area (Å²) < 4.78 is 43.2. The Hall–Kier alpha value is -3.68. The third kappa shape index (κ3) is 3.76. The zero-order valence-electron chi connectivity index (χ0n) is 16.1. The molecular formula is C22H17F3N2O3. The zero-order valence-corrected chi connectivity index (χ0v) is 16.1. The van der Waals surface area contributed by atoms with Crippen molar-refractivity contribution in [1.82, 2.24) is 4.57 Å². The van der Waals surface area contributed by atoms with Crippen LogP contribution in [0.25, 0.3) is 5.69 Å². The van der Waals surface area contributed by atoms with E-state index in [0.717, 1.165) is 28.8 Å². The van der Waals surface area contributed by atoms with E-state index in [2.05, 4.69) is 5.32 Å². The number of hydrogen-bond donors (Lipinski definition) is 1. The van der Waals surface area contributed by atoms with Crippen molar-refractivity contribution in [3.63, 3.8) is 0 Å². The molecule has 30 heavy (non-hydrogen) atoms. The molecule has 0 radical (unpaired) electrons. The first-order chi connectivity index (χ1) is 14.3. The molecule has 0 fully saturated rings. The molecule has 0 spiro atoms. The lowest BCUT2D eigenvalue weighted by Gasteiger charge is -2.19. The number of aromatic nitrogens is 1. The van der Waals surface area contributed by atoms with Crippen LogP contribution < -0.4 is 10.9 Å². The first-order valence-electron chi connectivity index (χ1n) is 8.95. The van der Waals surface area contributed by atoms with Gasteiger partial charge in [0.2, 0.25) is 0 Å². The number of aryl methyl sites for hydroxylation is 1. The Kier molecular flexibility index (Phi) is 5.86. The van der Waals surface area contributed by atoms with Crippen LogP contribution in [0.1, 0.15) is 27.0 Å². The Bertz CT molecular complexity index is 1200. The van der Waals surface area contributed by atoms with Crippen LogP contribution >= 0.6 is 0 Å². The molecule has 0 aliphatic carbocycles. The van der Waals surface area contributed by atoms with Gasteiger partial charge in [-0.25, -0.2) is 13.2 Å². The highest BCUT2D eigenvalue weighted by Gasteiger charge is 2.23. The van der Waals surface area contributed by atoms with Gasteiger partial charge in [0.1, 0.15) is 29.6 Å². The highest BCUT2D eigenvalue weighted by Crippen LogP contribution is 2.26. The van der Waals surface area contributed by atoms with Gasteiger partial charge in [0.15, 0.2) is 5.78 Å². The van der Waals surface area contributed by atoms with Crippen LogP contribution in [0.15, 0.2) is 47.3 Å². The summed E-state index contributed by atoms with van der Waals surface area (Å²) >= 11 is 0. The molecule has 0 bridgehead atoms. The third-order valence-corrected chi connectivity index (χ3v) is 4.61. The Labute approximate surface area is 169 Å². The van der Waals surface area contributed by atoms with E-state index in [1.165, 1.54) is 13.1 Å². The number of halogens is 3. The fourth-order valence-electron chi connectivity index (χ4n) is 3.31. The van der Waals surface area contributed by atoms with Crippen molar-refractivity contribution in [2.45, 2.75) is 13.3 Å². The highest BCUT2D eigenvalue weighted by atomic mass is 19.1. The maximum Gasteiger partial charge on any atom is 0.256 e. The Morgan fingerprint density at radius 2 is 1.73 bits per heavy atom. The number of aldehydes is 1. The number of rotatable bonds is 6. The quantitative estimate of drug-likeness (QED) is 0.495. The Morgan fingerprint density at radius 3 is 2.33 bits per heavy atom. The van der Waals surface area contributed by atoms with Crippen LogP contribution in [-0.2, 0) is 11.2 Å². The molecule has 0 aliphatic rings.